The van der Waals surface area contributed by atoms with E-state index < -0.39 is 0 Å². The molecule has 0 unspecified atom stereocenters. The Hall–Kier alpha value is -1.59. The molecule has 1 heterocycles. The molecule has 2 aromatic rings. The summed E-state index contributed by atoms with van der Waals surface area (Å²) in [5.74, 6) is 2.23. The van der Waals surface area contributed by atoms with E-state index in [-0.39, 0.29) is 0 Å². The molecule has 0 saturated carbocycles. The van der Waals surface area contributed by atoms with E-state index in [0.717, 1.165) is 46.8 Å². The number of halogens is 1. The van der Waals surface area contributed by atoms with Crippen LogP contribution in [0.25, 0.3) is 0 Å². The van der Waals surface area contributed by atoms with E-state index in [1.807, 2.05) is 30.5 Å². The van der Waals surface area contributed by atoms with E-state index in [9.17, 15) is 0 Å². The third-order valence-corrected chi connectivity index (χ3v) is 3.51. The molecule has 0 saturated heterocycles. The van der Waals surface area contributed by atoms with Gasteiger partial charge in [-0.1, -0.05) is 6.92 Å². The molecule has 0 bridgehead atoms. The second kappa shape index (κ2) is 8.00. The summed E-state index contributed by atoms with van der Waals surface area (Å²) in [7, 11) is 1.64. The van der Waals surface area contributed by atoms with Crippen LogP contribution in [0.1, 0.15) is 18.9 Å². The average Bonchev–Trinajstić information content (AvgIpc) is 2.50. The van der Waals surface area contributed by atoms with Crippen LogP contribution in [0.2, 0.25) is 0 Å². The third kappa shape index (κ3) is 4.72. The van der Waals surface area contributed by atoms with Crippen molar-refractivity contribution in [1.29, 1.82) is 0 Å². The standard InChI is InChI=1S/C16H19BrN2O2/c1-3-6-18-9-12-7-14(11-19-10-12)21-16-5-4-13(20-2)8-15(16)17/h4-5,7-8,10-11,18H,3,6,9H2,1-2H3. The van der Waals surface area contributed by atoms with Crippen molar-refractivity contribution in [2.75, 3.05) is 13.7 Å². The predicted molar refractivity (Wildman–Crippen MR) is 87.0 cm³/mol. The van der Waals surface area contributed by atoms with E-state index in [1.165, 1.54) is 0 Å². The first kappa shape index (κ1) is 15.8. The van der Waals surface area contributed by atoms with Crippen molar-refractivity contribution in [3.05, 3.63) is 46.7 Å². The van der Waals surface area contributed by atoms with Gasteiger partial charge < -0.3 is 14.8 Å². The molecule has 1 aromatic carbocycles. The summed E-state index contributed by atoms with van der Waals surface area (Å²) in [6, 6.07) is 7.59. The lowest BCUT2D eigenvalue weighted by molar-refractivity contribution is 0.412. The number of benzene rings is 1. The first-order valence-electron chi connectivity index (χ1n) is 6.89. The Labute approximate surface area is 133 Å². The SMILES string of the molecule is CCCNCc1cncc(Oc2ccc(OC)cc2Br)c1. The summed E-state index contributed by atoms with van der Waals surface area (Å²) in [4.78, 5) is 4.22. The molecule has 0 amide bonds. The highest BCUT2D eigenvalue weighted by Crippen LogP contribution is 2.32. The van der Waals surface area contributed by atoms with Crippen molar-refractivity contribution in [1.82, 2.24) is 10.3 Å². The monoisotopic (exact) mass is 350 g/mol. The maximum Gasteiger partial charge on any atom is 0.146 e. The van der Waals surface area contributed by atoms with Gasteiger partial charge in [-0.05, 0) is 58.7 Å². The first-order chi connectivity index (χ1) is 10.2. The van der Waals surface area contributed by atoms with Crippen molar-refractivity contribution >= 4 is 15.9 Å². The normalized spacial score (nSPS) is 10.4. The van der Waals surface area contributed by atoms with Gasteiger partial charge in [0.05, 0.1) is 17.8 Å². The fraction of sp³-hybridized carbons (Fsp3) is 0.312. The van der Waals surface area contributed by atoms with Crippen molar-refractivity contribution < 1.29 is 9.47 Å². The highest BCUT2D eigenvalue weighted by Gasteiger charge is 2.05. The average molecular weight is 351 g/mol. The first-order valence-corrected chi connectivity index (χ1v) is 7.68. The maximum atomic E-state index is 5.86. The number of pyridine rings is 1. The molecular weight excluding hydrogens is 332 g/mol. The molecule has 0 fully saturated rings. The van der Waals surface area contributed by atoms with Gasteiger partial charge in [0.2, 0.25) is 0 Å². The van der Waals surface area contributed by atoms with E-state index in [2.05, 4.69) is 33.2 Å². The molecule has 112 valence electrons. The van der Waals surface area contributed by atoms with Gasteiger partial charge >= 0.3 is 0 Å². The molecule has 0 aliphatic heterocycles. The van der Waals surface area contributed by atoms with Crippen LogP contribution in [0.5, 0.6) is 17.2 Å². The highest BCUT2D eigenvalue weighted by molar-refractivity contribution is 9.10. The molecule has 1 N–H and O–H groups in total. The molecule has 1 aromatic heterocycles. The number of hydrogen-bond donors (Lipinski definition) is 1. The lowest BCUT2D eigenvalue weighted by Gasteiger charge is -2.10. The van der Waals surface area contributed by atoms with Gasteiger partial charge in [-0.15, -0.1) is 0 Å². The zero-order valence-corrected chi connectivity index (χ0v) is 13.8. The van der Waals surface area contributed by atoms with Crippen LogP contribution in [0.4, 0.5) is 0 Å². The Morgan fingerprint density at radius 1 is 1.19 bits per heavy atom. The van der Waals surface area contributed by atoms with Crippen molar-refractivity contribution in [2.24, 2.45) is 0 Å². The van der Waals surface area contributed by atoms with E-state index in [1.54, 1.807) is 13.3 Å². The molecule has 0 spiro atoms. The lowest BCUT2D eigenvalue weighted by Crippen LogP contribution is -2.13. The Morgan fingerprint density at radius 2 is 2.05 bits per heavy atom. The van der Waals surface area contributed by atoms with Crippen LogP contribution in [-0.4, -0.2) is 18.6 Å². The number of aromatic nitrogens is 1. The minimum absolute atomic E-state index is 0.719. The molecule has 0 aliphatic carbocycles. The van der Waals surface area contributed by atoms with Crippen molar-refractivity contribution in [3.63, 3.8) is 0 Å². The van der Waals surface area contributed by atoms with Crippen molar-refractivity contribution in [2.45, 2.75) is 19.9 Å². The number of rotatable bonds is 7. The summed E-state index contributed by atoms with van der Waals surface area (Å²) in [6.45, 7) is 3.93. The summed E-state index contributed by atoms with van der Waals surface area (Å²) in [5, 5.41) is 3.35. The van der Waals surface area contributed by atoms with E-state index in [0.29, 0.717) is 0 Å². The van der Waals surface area contributed by atoms with Crippen LogP contribution >= 0.6 is 15.9 Å². The van der Waals surface area contributed by atoms with Gasteiger partial charge in [-0.3, -0.25) is 4.98 Å². The zero-order valence-electron chi connectivity index (χ0n) is 12.2. The third-order valence-electron chi connectivity index (χ3n) is 2.89. The molecule has 0 aliphatic rings. The Morgan fingerprint density at radius 3 is 2.76 bits per heavy atom. The predicted octanol–water partition coefficient (Wildman–Crippen LogP) is 4.14. The van der Waals surface area contributed by atoms with Gasteiger partial charge in [0, 0.05) is 12.7 Å². The smallest absolute Gasteiger partial charge is 0.146 e. The summed E-state index contributed by atoms with van der Waals surface area (Å²) >= 11 is 3.48. The molecule has 2 rings (SSSR count). The molecule has 0 radical (unpaired) electrons. The fourth-order valence-corrected chi connectivity index (χ4v) is 2.28. The van der Waals surface area contributed by atoms with Gasteiger partial charge in [-0.25, -0.2) is 0 Å². The number of hydrogen-bond acceptors (Lipinski definition) is 4. The Balaban J connectivity index is 2.07. The number of nitrogens with zero attached hydrogens (tertiary/aromatic N) is 1. The molecule has 4 nitrogen and oxygen atoms in total. The second-order valence-electron chi connectivity index (χ2n) is 4.60. The van der Waals surface area contributed by atoms with Gasteiger partial charge in [0.25, 0.3) is 0 Å². The van der Waals surface area contributed by atoms with Crippen LogP contribution in [0, 0.1) is 0 Å². The van der Waals surface area contributed by atoms with Crippen LogP contribution < -0.4 is 14.8 Å². The highest BCUT2D eigenvalue weighted by atomic mass is 79.9. The second-order valence-corrected chi connectivity index (χ2v) is 5.46. The lowest BCUT2D eigenvalue weighted by atomic mass is 10.2. The largest absolute Gasteiger partial charge is 0.497 e. The van der Waals surface area contributed by atoms with Gasteiger partial charge in [0.15, 0.2) is 0 Å². The van der Waals surface area contributed by atoms with Crippen LogP contribution in [0.15, 0.2) is 41.1 Å². The number of ether oxygens (including phenoxy) is 2. The summed E-state index contributed by atoms with van der Waals surface area (Å²) in [6.07, 6.45) is 4.67. The topological polar surface area (TPSA) is 43.4 Å². The fourth-order valence-electron chi connectivity index (χ4n) is 1.84. The Kier molecular flexibility index (Phi) is 6.02. The molecular formula is C16H19BrN2O2. The minimum atomic E-state index is 0.719. The number of nitrogens with one attached hydrogen (secondary N) is 1. The molecule has 5 heteroatoms. The van der Waals surface area contributed by atoms with E-state index >= 15 is 0 Å². The minimum Gasteiger partial charge on any atom is -0.497 e. The maximum absolute atomic E-state index is 5.86. The molecule has 0 atom stereocenters. The Bertz CT molecular complexity index is 590. The molecule has 21 heavy (non-hydrogen) atoms. The van der Waals surface area contributed by atoms with Gasteiger partial charge in [0.1, 0.15) is 17.2 Å². The number of methoxy groups -OCH3 is 1. The van der Waals surface area contributed by atoms with Gasteiger partial charge in [-0.2, -0.15) is 0 Å². The summed E-state index contributed by atoms with van der Waals surface area (Å²) in [5.41, 5.74) is 1.10. The quantitative estimate of drug-likeness (QED) is 0.762. The zero-order chi connectivity index (χ0) is 15.1. The van der Waals surface area contributed by atoms with E-state index in [4.69, 9.17) is 9.47 Å². The summed E-state index contributed by atoms with van der Waals surface area (Å²) < 4.78 is 11.9. The van der Waals surface area contributed by atoms with Crippen LogP contribution in [0.3, 0.4) is 0 Å². The van der Waals surface area contributed by atoms with Crippen molar-refractivity contribution in [3.8, 4) is 17.2 Å². The van der Waals surface area contributed by atoms with Crippen LogP contribution in [-0.2, 0) is 6.54 Å².